The monoisotopic (exact) mass is 846 g/mol. The van der Waals surface area contributed by atoms with E-state index in [4.69, 9.17) is 13.6 Å². The van der Waals surface area contributed by atoms with Crippen molar-refractivity contribution in [2.24, 2.45) is 0 Å². The van der Waals surface area contributed by atoms with Crippen LogP contribution in [0.15, 0.2) is 239 Å². The van der Waals surface area contributed by atoms with Crippen LogP contribution in [0.1, 0.15) is 22.3 Å². The maximum Gasteiger partial charge on any atom is 0.159 e. The molecule has 66 heavy (non-hydrogen) atoms. The minimum Gasteiger partial charge on any atom is -0.457 e. The number of ether oxygens (including phenoxy) is 1. The molecule has 1 aliphatic heterocycles. The Morgan fingerprint density at radius 1 is 0.318 bits per heavy atom. The number of hydrogen-bond donors (Lipinski definition) is 0. The van der Waals surface area contributed by atoms with Crippen LogP contribution in [0.4, 0.5) is 34.1 Å². The maximum atomic E-state index is 6.93. The molecule has 0 N–H and O–H groups in total. The lowest BCUT2D eigenvalue weighted by Crippen LogP contribution is -2.32. The predicted molar refractivity (Wildman–Crippen MR) is 268 cm³/mol. The van der Waals surface area contributed by atoms with Gasteiger partial charge in [0.15, 0.2) is 5.58 Å². The van der Waals surface area contributed by atoms with Gasteiger partial charge in [-0.15, -0.1) is 0 Å². The Hall–Kier alpha value is -8.80. The molecule has 0 saturated carbocycles. The van der Waals surface area contributed by atoms with Crippen molar-refractivity contribution < 1.29 is 13.6 Å². The van der Waals surface area contributed by atoms with Crippen molar-refractivity contribution in [2.45, 2.75) is 5.41 Å². The highest BCUT2D eigenvalue weighted by Crippen LogP contribution is 2.63. The van der Waals surface area contributed by atoms with Gasteiger partial charge in [0.2, 0.25) is 0 Å². The van der Waals surface area contributed by atoms with Gasteiger partial charge in [-0.05, 0) is 95.1 Å². The summed E-state index contributed by atoms with van der Waals surface area (Å²) in [6.07, 6.45) is 0. The summed E-state index contributed by atoms with van der Waals surface area (Å²) in [7, 11) is 0. The average Bonchev–Trinajstić information content (AvgIpc) is 4.04. The zero-order valence-electron chi connectivity index (χ0n) is 35.6. The van der Waals surface area contributed by atoms with E-state index in [1.165, 1.54) is 22.3 Å². The largest absolute Gasteiger partial charge is 0.457 e. The molecule has 2 aromatic heterocycles. The van der Waals surface area contributed by atoms with Crippen LogP contribution >= 0.6 is 0 Å². The Morgan fingerprint density at radius 3 is 1.61 bits per heavy atom. The van der Waals surface area contributed by atoms with E-state index in [-0.39, 0.29) is 0 Å². The molecule has 1 aliphatic carbocycles. The Labute approximate surface area is 380 Å². The molecule has 2 aliphatic rings. The zero-order valence-corrected chi connectivity index (χ0v) is 35.6. The Morgan fingerprint density at radius 2 is 0.879 bits per heavy atom. The predicted octanol–water partition coefficient (Wildman–Crippen LogP) is 16.9. The summed E-state index contributed by atoms with van der Waals surface area (Å²) in [5.41, 5.74) is 15.5. The highest BCUT2D eigenvalue weighted by molar-refractivity contribution is 6.16. The first kappa shape index (κ1) is 36.7. The van der Waals surface area contributed by atoms with Crippen molar-refractivity contribution in [1.29, 1.82) is 0 Å². The van der Waals surface area contributed by atoms with E-state index >= 15 is 0 Å². The molecule has 5 nitrogen and oxygen atoms in total. The van der Waals surface area contributed by atoms with Crippen molar-refractivity contribution in [3.8, 4) is 22.6 Å². The van der Waals surface area contributed by atoms with E-state index in [1.54, 1.807) is 0 Å². The van der Waals surface area contributed by atoms with Crippen molar-refractivity contribution in [1.82, 2.24) is 0 Å². The fourth-order valence-electron chi connectivity index (χ4n) is 11.0. The van der Waals surface area contributed by atoms with Crippen LogP contribution in [0.2, 0.25) is 0 Å². The van der Waals surface area contributed by atoms with Gasteiger partial charge >= 0.3 is 0 Å². The number of para-hydroxylation sites is 6. The Bertz CT molecular complexity index is 3800. The van der Waals surface area contributed by atoms with Gasteiger partial charge in [0.25, 0.3) is 0 Å². The lowest BCUT2D eigenvalue weighted by molar-refractivity contribution is 0.436. The summed E-state index contributed by atoms with van der Waals surface area (Å²) >= 11 is 0. The summed E-state index contributed by atoms with van der Waals surface area (Å²) in [5.74, 6) is 1.67. The van der Waals surface area contributed by atoms with Crippen LogP contribution in [-0.4, -0.2) is 0 Å². The van der Waals surface area contributed by atoms with Crippen LogP contribution < -0.4 is 14.5 Å². The molecule has 0 unspecified atom stereocenters. The van der Waals surface area contributed by atoms with Gasteiger partial charge < -0.3 is 23.4 Å². The standard InChI is InChI=1S/C61H38N2O3/c1-3-18-39(19-4-1)62(40-20-5-2-6-21-40)53-37-42(38-58-59(53)47-25-10-15-32-55(47)64-58)63(52-30-17-26-46-45-24-9-14-31-54(45)66-60(46)52)41-34-35-57-51(36-41)61(50-29-13-16-33-56(50)65-57)48-27-11-7-22-43(48)44-23-8-12-28-49(44)61/h1-38H. The molecule has 0 bridgehead atoms. The fourth-order valence-corrected chi connectivity index (χ4v) is 11.0. The summed E-state index contributed by atoms with van der Waals surface area (Å²) in [4.78, 5) is 4.68. The zero-order chi connectivity index (χ0) is 43.3. The Balaban J connectivity index is 1.10. The Kier molecular flexibility index (Phi) is 7.83. The van der Waals surface area contributed by atoms with Crippen molar-refractivity contribution in [2.75, 3.05) is 9.80 Å². The van der Waals surface area contributed by atoms with E-state index in [0.717, 1.165) is 101 Å². The minimum atomic E-state index is -0.657. The van der Waals surface area contributed by atoms with Gasteiger partial charge in [-0.1, -0.05) is 152 Å². The fraction of sp³-hybridized carbons (Fsp3) is 0.0164. The van der Waals surface area contributed by atoms with Crippen LogP contribution in [0.3, 0.4) is 0 Å². The molecule has 10 aromatic carbocycles. The van der Waals surface area contributed by atoms with Gasteiger partial charge in [0.1, 0.15) is 28.2 Å². The van der Waals surface area contributed by atoms with Crippen molar-refractivity contribution in [3.05, 3.63) is 253 Å². The van der Waals surface area contributed by atoms with Gasteiger partial charge in [-0.25, -0.2) is 0 Å². The van der Waals surface area contributed by atoms with Gasteiger partial charge in [0, 0.05) is 50.4 Å². The second-order valence-corrected chi connectivity index (χ2v) is 17.2. The minimum absolute atomic E-state index is 0.657. The lowest BCUT2D eigenvalue weighted by atomic mass is 9.66. The van der Waals surface area contributed by atoms with Gasteiger partial charge in [-0.2, -0.15) is 0 Å². The summed E-state index contributed by atoms with van der Waals surface area (Å²) in [5, 5.41) is 4.17. The smallest absolute Gasteiger partial charge is 0.159 e. The van der Waals surface area contributed by atoms with Crippen LogP contribution in [0, 0.1) is 0 Å². The molecule has 0 radical (unpaired) electrons. The lowest BCUT2D eigenvalue weighted by Gasteiger charge is -2.40. The molecule has 3 heterocycles. The van der Waals surface area contributed by atoms with E-state index in [9.17, 15) is 0 Å². The third-order valence-electron chi connectivity index (χ3n) is 13.7. The second kappa shape index (κ2) is 14.1. The topological polar surface area (TPSA) is 42.0 Å². The van der Waals surface area contributed by atoms with Gasteiger partial charge in [-0.3, -0.25) is 0 Å². The number of fused-ring (bicyclic) bond motifs is 15. The van der Waals surface area contributed by atoms with Crippen molar-refractivity contribution >= 4 is 78.0 Å². The third-order valence-corrected chi connectivity index (χ3v) is 13.7. The molecule has 0 saturated heterocycles. The summed E-state index contributed by atoms with van der Waals surface area (Å²) < 4.78 is 20.7. The molecular weight excluding hydrogens is 809 g/mol. The number of furan rings is 2. The van der Waals surface area contributed by atoms with Gasteiger partial charge in [0.05, 0.1) is 27.9 Å². The highest BCUT2D eigenvalue weighted by atomic mass is 16.5. The number of benzene rings is 10. The number of nitrogens with zero attached hydrogens (tertiary/aromatic N) is 2. The van der Waals surface area contributed by atoms with Crippen LogP contribution in [0.25, 0.3) is 55.0 Å². The SMILES string of the molecule is c1ccc(N(c2ccccc2)c2cc(N(c3ccc4c(c3)C3(c5ccccc5O4)c4ccccc4-c4ccccc43)c3cccc4c3oc3ccccc34)cc3oc4ccccc4c23)cc1. The first-order chi connectivity index (χ1) is 32.7. The van der Waals surface area contributed by atoms with Crippen molar-refractivity contribution in [3.63, 3.8) is 0 Å². The molecule has 12 aromatic rings. The molecule has 1 spiro atoms. The first-order valence-electron chi connectivity index (χ1n) is 22.4. The molecule has 0 fully saturated rings. The molecule has 0 atom stereocenters. The average molecular weight is 847 g/mol. The molecular formula is C61H38N2O3. The summed E-state index contributed by atoms with van der Waals surface area (Å²) in [6, 6.07) is 81.7. The first-order valence-corrected chi connectivity index (χ1v) is 22.4. The van der Waals surface area contributed by atoms with E-state index in [2.05, 4.69) is 222 Å². The molecule has 0 amide bonds. The molecule has 310 valence electrons. The second-order valence-electron chi connectivity index (χ2n) is 17.2. The summed E-state index contributed by atoms with van der Waals surface area (Å²) in [6.45, 7) is 0. The highest BCUT2D eigenvalue weighted by Gasteiger charge is 2.51. The van der Waals surface area contributed by atoms with E-state index < -0.39 is 5.41 Å². The van der Waals surface area contributed by atoms with Crippen LogP contribution in [-0.2, 0) is 5.41 Å². The normalized spacial score (nSPS) is 13.1. The molecule has 14 rings (SSSR count). The number of hydrogen-bond acceptors (Lipinski definition) is 5. The third kappa shape index (κ3) is 5.16. The van der Waals surface area contributed by atoms with E-state index in [1.807, 2.05) is 18.2 Å². The van der Waals surface area contributed by atoms with E-state index in [0.29, 0.717) is 0 Å². The quantitative estimate of drug-likeness (QED) is 0.167. The number of rotatable bonds is 6. The number of anilines is 6. The maximum absolute atomic E-state index is 6.93. The molecule has 5 heteroatoms. The van der Waals surface area contributed by atoms with Crippen LogP contribution in [0.5, 0.6) is 11.5 Å².